The average Bonchev–Trinajstić information content (AvgIpc) is 2.85. The zero-order valence-corrected chi connectivity index (χ0v) is 20.5. The third-order valence-electron chi connectivity index (χ3n) is 6.02. The van der Waals surface area contributed by atoms with Crippen LogP contribution >= 0.6 is 0 Å². The fourth-order valence-corrected chi connectivity index (χ4v) is 15.6. The van der Waals surface area contributed by atoms with Crippen LogP contribution in [0.25, 0.3) is 32.3 Å². The molecule has 6 aromatic rings. The Morgan fingerprint density at radius 3 is 0.935 bits per heavy atom. The molecule has 0 heterocycles. The van der Waals surface area contributed by atoms with E-state index in [0.29, 0.717) is 0 Å². The second-order valence-corrected chi connectivity index (χ2v) is 16.1. The molecule has 0 saturated heterocycles. The maximum absolute atomic E-state index is 2.65. The van der Waals surface area contributed by atoms with Crippen molar-refractivity contribution in [2.75, 3.05) is 0 Å². The van der Waals surface area contributed by atoms with Gasteiger partial charge in [0.2, 0.25) is 0 Å². The second kappa shape index (κ2) is 7.91. The first-order valence-electron chi connectivity index (χ1n) is 10.6. The summed E-state index contributed by atoms with van der Waals surface area (Å²) in [5.74, 6) is 0. The van der Waals surface area contributed by atoms with Gasteiger partial charge in [0.15, 0.2) is 0 Å². The van der Waals surface area contributed by atoms with Gasteiger partial charge in [-0.05, 0) is 0 Å². The van der Waals surface area contributed by atoms with Gasteiger partial charge in [-0.25, -0.2) is 0 Å². The predicted molar refractivity (Wildman–Crippen MR) is 136 cm³/mol. The van der Waals surface area contributed by atoms with Gasteiger partial charge >= 0.3 is 191 Å². The van der Waals surface area contributed by atoms with Crippen LogP contribution in [0, 0.1) is 0 Å². The minimum absolute atomic E-state index is 1.33. The van der Waals surface area contributed by atoms with E-state index in [0.717, 1.165) is 0 Å². The zero-order chi connectivity index (χ0) is 20.6. The van der Waals surface area contributed by atoms with Crippen LogP contribution in [0.1, 0.15) is 0 Å². The summed E-state index contributed by atoms with van der Waals surface area (Å²) in [6.07, 6.45) is 0. The standard InChI is InChI=1S/3C10H7.Bi/c3*1-2-6-10-8-4-3-7-9(10)5-1;/h3*1-7H;. The topological polar surface area (TPSA) is 0 Å². The number of hydrogen-bond acceptors (Lipinski definition) is 0. The van der Waals surface area contributed by atoms with Crippen molar-refractivity contribution in [3.63, 3.8) is 0 Å². The van der Waals surface area contributed by atoms with E-state index in [2.05, 4.69) is 127 Å². The van der Waals surface area contributed by atoms with Gasteiger partial charge in [-0.2, -0.15) is 0 Å². The summed E-state index contributed by atoms with van der Waals surface area (Å²) in [5.41, 5.74) is 0. The molecule has 6 aromatic carbocycles. The fraction of sp³-hybridized carbons (Fsp3) is 0. The molecular formula is C30H21Bi. The summed E-state index contributed by atoms with van der Waals surface area (Å²) in [5, 5.41) is 8.22. The van der Waals surface area contributed by atoms with E-state index >= 15 is 0 Å². The van der Waals surface area contributed by atoms with Gasteiger partial charge in [0.1, 0.15) is 0 Å². The predicted octanol–water partition coefficient (Wildman–Crippen LogP) is 5.66. The van der Waals surface area contributed by atoms with E-state index in [1.54, 1.807) is 9.81 Å². The summed E-state index contributed by atoms with van der Waals surface area (Å²) < 4.78 is 4.67. The van der Waals surface area contributed by atoms with Gasteiger partial charge in [0, 0.05) is 0 Å². The van der Waals surface area contributed by atoms with Crippen LogP contribution in [0.15, 0.2) is 127 Å². The first kappa shape index (κ1) is 18.7. The molecule has 0 nitrogen and oxygen atoms in total. The SMILES string of the molecule is c1ccc2[c]([Bi]([c]3cccc4ccccc34)[c]3cccc4ccccc34)cccc2c1. The molecule has 146 valence electrons. The summed E-state index contributed by atoms with van der Waals surface area (Å²) in [7, 11) is 0. The zero-order valence-electron chi connectivity index (χ0n) is 17.1. The van der Waals surface area contributed by atoms with Gasteiger partial charge in [0.25, 0.3) is 0 Å². The molecule has 1 heteroatoms. The van der Waals surface area contributed by atoms with Crippen molar-refractivity contribution in [1.82, 2.24) is 0 Å². The molecule has 0 amide bonds. The summed E-state index contributed by atoms with van der Waals surface area (Å²) in [6, 6.07) is 47.3. The van der Waals surface area contributed by atoms with Crippen molar-refractivity contribution in [2.45, 2.75) is 0 Å². The Bertz CT molecular complexity index is 1340. The number of benzene rings is 6. The first-order chi connectivity index (χ1) is 15.4. The van der Waals surface area contributed by atoms with E-state index < -0.39 is 21.8 Å². The monoisotopic (exact) mass is 590 g/mol. The fourth-order valence-electron chi connectivity index (χ4n) is 4.60. The number of fused-ring (bicyclic) bond motifs is 3. The van der Waals surface area contributed by atoms with Crippen LogP contribution in [0.3, 0.4) is 0 Å². The molecule has 31 heavy (non-hydrogen) atoms. The third-order valence-corrected chi connectivity index (χ3v) is 16.2. The van der Waals surface area contributed by atoms with Crippen molar-refractivity contribution in [3.8, 4) is 0 Å². The van der Waals surface area contributed by atoms with E-state index in [1.807, 2.05) is 0 Å². The summed E-state index contributed by atoms with van der Waals surface area (Å²) >= 11 is -2.65. The molecule has 0 saturated carbocycles. The molecule has 0 radical (unpaired) electrons. The Morgan fingerprint density at radius 1 is 0.290 bits per heavy atom. The molecule has 0 bridgehead atoms. The third kappa shape index (κ3) is 3.25. The molecule has 0 aliphatic heterocycles. The Morgan fingerprint density at radius 2 is 0.581 bits per heavy atom. The number of rotatable bonds is 3. The van der Waals surface area contributed by atoms with Gasteiger partial charge in [-0.3, -0.25) is 0 Å². The van der Waals surface area contributed by atoms with Crippen molar-refractivity contribution < 1.29 is 0 Å². The summed E-state index contributed by atoms with van der Waals surface area (Å²) in [4.78, 5) is 0. The van der Waals surface area contributed by atoms with Crippen LogP contribution in [0.2, 0.25) is 0 Å². The molecule has 0 atom stereocenters. The number of hydrogen-bond donors (Lipinski definition) is 0. The molecule has 0 aliphatic rings. The Kier molecular flexibility index (Phi) is 4.78. The van der Waals surface area contributed by atoms with Crippen LogP contribution in [-0.4, -0.2) is 21.8 Å². The Hall–Kier alpha value is -3.02. The minimum atomic E-state index is -2.65. The van der Waals surface area contributed by atoms with Crippen LogP contribution in [0.5, 0.6) is 0 Å². The Labute approximate surface area is 190 Å². The van der Waals surface area contributed by atoms with E-state index in [9.17, 15) is 0 Å². The van der Waals surface area contributed by atoms with Gasteiger partial charge < -0.3 is 0 Å². The second-order valence-electron chi connectivity index (χ2n) is 7.83. The summed E-state index contributed by atoms with van der Waals surface area (Å²) in [6.45, 7) is 0. The van der Waals surface area contributed by atoms with Crippen molar-refractivity contribution in [1.29, 1.82) is 0 Å². The molecule has 0 spiro atoms. The van der Waals surface area contributed by atoms with Crippen molar-refractivity contribution in [2.24, 2.45) is 0 Å². The molecule has 0 fully saturated rings. The molecular weight excluding hydrogens is 569 g/mol. The van der Waals surface area contributed by atoms with Crippen molar-refractivity contribution >= 4 is 63.9 Å². The van der Waals surface area contributed by atoms with Gasteiger partial charge in [-0.15, -0.1) is 0 Å². The van der Waals surface area contributed by atoms with Crippen LogP contribution < -0.4 is 9.81 Å². The van der Waals surface area contributed by atoms with E-state index in [-0.39, 0.29) is 0 Å². The average molecular weight is 590 g/mol. The van der Waals surface area contributed by atoms with Crippen LogP contribution in [0.4, 0.5) is 0 Å². The van der Waals surface area contributed by atoms with E-state index in [4.69, 9.17) is 0 Å². The van der Waals surface area contributed by atoms with Gasteiger partial charge in [-0.1, -0.05) is 0 Å². The normalized spacial score (nSPS) is 11.5. The van der Waals surface area contributed by atoms with Gasteiger partial charge in [0.05, 0.1) is 0 Å². The quantitative estimate of drug-likeness (QED) is 0.234. The molecule has 0 aromatic heterocycles. The van der Waals surface area contributed by atoms with Crippen LogP contribution in [-0.2, 0) is 0 Å². The molecule has 0 unspecified atom stereocenters. The molecule has 0 aliphatic carbocycles. The molecule has 0 N–H and O–H groups in total. The van der Waals surface area contributed by atoms with E-state index in [1.165, 1.54) is 32.3 Å². The maximum atomic E-state index is 2.39. The Balaban J connectivity index is 1.75. The van der Waals surface area contributed by atoms with Crippen molar-refractivity contribution in [3.05, 3.63) is 127 Å². The molecule has 6 rings (SSSR count). The first-order valence-corrected chi connectivity index (χ1v) is 15.9.